The molecule has 2 N–H and O–H groups in total. The van der Waals surface area contributed by atoms with Crippen LogP contribution in [0.15, 0.2) is 45.3 Å². The molecule has 0 aliphatic rings. The number of nitrogens with two attached hydrogens (primary N) is 1. The average Bonchev–Trinajstić information content (AvgIpc) is 2.86. The van der Waals surface area contributed by atoms with E-state index in [4.69, 9.17) is 5.73 Å². The molecule has 1 heterocycles. The van der Waals surface area contributed by atoms with Crippen LogP contribution in [-0.4, -0.2) is 20.2 Å². The molecule has 5 nitrogen and oxygen atoms in total. The third-order valence-corrected chi connectivity index (χ3v) is 3.91. The number of halogens is 3. The van der Waals surface area contributed by atoms with Crippen LogP contribution in [0.3, 0.4) is 0 Å². The van der Waals surface area contributed by atoms with Crippen LogP contribution in [0.1, 0.15) is 0 Å². The van der Waals surface area contributed by atoms with E-state index in [1.54, 1.807) is 6.07 Å². The molecule has 3 aromatic rings. The van der Waals surface area contributed by atoms with E-state index in [0.717, 1.165) is 14.6 Å². The maximum Gasteiger partial charge on any atom is 0.187 e. The SMILES string of the molecule is Nc1cc(F)cc(-c2nnnn2-c2ccc(Br)cc2Br)c1. The average molecular weight is 413 g/mol. The zero-order valence-electron chi connectivity index (χ0n) is 10.5. The van der Waals surface area contributed by atoms with E-state index in [0.29, 0.717) is 17.1 Å². The van der Waals surface area contributed by atoms with Crippen molar-refractivity contribution in [2.24, 2.45) is 0 Å². The summed E-state index contributed by atoms with van der Waals surface area (Å²) < 4.78 is 16.8. The lowest BCUT2D eigenvalue weighted by molar-refractivity contribution is 0.628. The molecule has 0 radical (unpaired) electrons. The van der Waals surface area contributed by atoms with E-state index in [1.165, 1.54) is 16.8 Å². The Labute approximate surface area is 136 Å². The number of rotatable bonds is 2. The van der Waals surface area contributed by atoms with Gasteiger partial charge < -0.3 is 5.73 Å². The largest absolute Gasteiger partial charge is 0.399 e. The van der Waals surface area contributed by atoms with Crippen LogP contribution in [0.25, 0.3) is 17.1 Å². The molecule has 21 heavy (non-hydrogen) atoms. The Kier molecular flexibility index (Phi) is 3.73. The molecule has 0 saturated heterocycles. The molecule has 0 saturated carbocycles. The minimum Gasteiger partial charge on any atom is -0.399 e. The van der Waals surface area contributed by atoms with Crippen LogP contribution in [0.5, 0.6) is 0 Å². The number of hydrogen-bond acceptors (Lipinski definition) is 4. The highest BCUT2D eigenvalue weighted by Crippen LogP contribution is 2.28. The zero-order chi connectivity index (χ0) is 15.0. The highest BCUT2D eigenvalue weighted by molar-refractivity contribution is 9.11. The molecule has 0 atom stereocenters. The number of hydrogen-bond donors (Lipinski definition) is 1. The van der Waals surface area contributed by atoms with Gasteiger partial charge in [-0.3, -0.25) is 0 Å². The molecule has 2 aromatic carbocycles. The third kappa shape index (κ3) is 2.81. The molecule has 106 valence electrons. The van der Waals surface area contributed by atoms with Gasteiger partial charge >= 0.3 is 0 Å². The maximum atomic E-state index is 13.5. The predicted molar refractivity (Wildman–Crippen MR) is 84.4 cm³/mol. The van der Waals surface area contributed by atoms with Gasteiger partial charge in [-0.2, -0.15) is 4.68 Å². The Balaban J connectivity index is 2.17. The van der Waals surface area contributed by atoms with Crippen LogP contribution in [0.2, 0.25) is 0 Å². The van der Waals surface area contributed by atoms with E-state index in [-0.39, 0.29) is 0 Å². The minimum absolute atomic E-state index is 0.314. The number of aromatic nitrogens is 4. The van der Waals surface area contributed by atoms with Gasteiger partial charge in [0.2, 0.25) is 0 Å². The summed E-state index contributed by atoms with van der Waals surface area (Å²) in [5, 5.41) is 11.6. The molecule has 3 rings (SSSR count). The number of anilines is 1. The van der Waals surface area contributed by atoms with E-state index < -0.39 is 5.82 Å². The first kappa shape index (κ1) is 14.2. The Morgan fingerprint density at radius 2 is 1.90 bits per heavy atom. The molecular formula is C13H8Br2FN5. The van der Waals surface area contributed by atoms with Crippen molar-refractivity contribution in [3.05, 3.63) is 51.2 Å². The number of tetrazole rings is 1. The lowest BCUT2D eigenvalue weighted by Crippen LogP contribution is -2.01. The minimum atomic E-state index is -0.436. The topological polar surface area (TPSA) is 69.6 Å². The molecule has 0 aliphatic carbocycles. The van der Waals surface area contributed by atoms with Crippen molar-refractivity contribution in [1.29, 1.82) is 0 Å². The van der Waals surface area contributed by atoms with Gasteiger partial charge in [0, 0.05) is 20.2 Å². The standard InChI is InChI=1S/C13H8Br2FN5/c14-8-1-2-12(11(15)5-8)21-13(18-19-20-21)7-3-9(16)6-10(17)4-7/h1-6H,17H2. The van der Waals surface area contributed by atoms with E-state index >= 15 is 0 Å². The molecule has 0 spiro atoms. The Hall–Kier alpha value is -1.80. The summed E-state index contributed by atoms with van der Waals surface area (Å²) in [4.78, 5) is 0. The van der Waals surface area contributed by atoms with Gasteiger partial charge in [-0.25, -0.2) is 4.39 Å². The number of nitrogen functional groups attached to an aromatic ring is 1. The summed E-state index contributed by atoms with van der Waals surface area (Å²) in [6.07, 6.45) is 0. The summed E-state index contributed by atoms with van der Waals surface area (Å²) >= 11 is 6.84. The predicted octanol–water partition coefficient (Wildman–Crippen LogP) is 3.58. The highest BCUT2D eigenvalue weighted by atomic mass is 79.9. The van der Waals surface area contributed by atoms with Crippen LogP contribution in [0.4, 0.5) is 10.1 Å². The lowest BCUT2D eigenvalue weighted by Gasteiger charge is -2.08. The molecule has 0 aliphatic heterocycles. The molecule has 0 bridgehead atoms. The fraction of sp³-hybridized carbons (Fsp3) is 0. The van der Waals surface area contributed by atoms with Gasteiger partial charge in [0.1, 0.15) is 5.82 Å². The van der Waals surface area contributed by atoms with Crippen molar-refractivity contribution in [1.82, 2.24) is 20.2 Å². The Morgan fingerprint density at radius 1 is 1.10 bits per heavy atom. The molecule has 0 fully saturated rings. The lowest BCUT2D eigenvalue weighted by atomic mass is 10.2. The smallest absolute Gasteiger partial charge is 0.187 e. The van der Waals surface area contributed by atoms with Crippen molar-refractivity contribution in [2.75, 3.05) is 5.73 Å². The first-order valence-electron chi connectivity index (χ1n) is 5.85. The first-order valence-corrected chi connectivity index (χ1v) is 7.43. The van der Waals surface area contributed by atoms with Gasteiger partial charge in [-0.05, 0) is 62.8 Å². The number of benzene rings is 2. The van der Waals surface area contributed by atoms with E-state index in [9.17, 15) is 4.39 Å². The van der Waals surface area contributed by atoms with Crippen LogP contribution >= 0.6 is 31.9 Å². The maximum absolute atomic E-state index is 13.5. The first-order chi connectivity index (χ1) is 10.0. The molecule has 8 heteroatoms. The van der Waals surface area contributed by atoms with Gasteiger partial charge in [-0.15, -0.1) is 5.10 Å². The van der Waals surface area contributed by atoms with Crippen molar-refractivity contribution in [3.63, 3.8) is 0 Å². The van der Waals surface area contributed by atoms with Crippen molar-refractivity contribution in [3.8, 4) is 17.1 Å². The number of nitrogens with zero attached hydrogens (tertiary/aromatic N) is 4. The summed E-state index contributed by atoms with van der Waals surface area (Å²) in [6.45, 7) is 0. The van der Waals surface area contributed by atoms with Crippen LogP contribution < -0.4 is 5.73 Å². The van der Waals surface area contributed by atoms with Crippen molar-refractivity contribution >= 4 is 37.5 Å². The Morgan fingerprint density at radius 3 is 2.62 bits per heavy atom. The van der Waals surface area contributed by atoms with Gasteiger partial charge in [0.15, 0.2) is 5.82 Å². The monoisotopic (exact) mass is 411 g/mol. The molecule has 0 unspecified atom stereocenters. The van der Waals surface area contributed by atoms with Gasteiger partial charge in [-0.1, -0.05) is 15.9 Å². The van der Waals surface area contributed by atoms with E-state index in [1.807, 2.05) is 18.2 Å². The molecule has 1 aromatic heterocycles. The quantitative estimate of drug-likeness (QED) is 0.653. The summed E-state index contributed by atoms with van der Waals surface area (Å²) in [5.41, 5.74) is 7.23. The summed E-state index contributed by atoms with van der Waals surface area (Å²) in [5.74, 6) is -0.0290. The molecule has 0 amide bonds. The second kappa shape index (κ2) is 5.53. The third-order valence-electron chi connectivity index (χ3n) is 2.79. The fourth-order valence-corrected chi connectivity index (χ4v) is 3.14. The van der Waals surface area contributed by atoms with Crippen LogP contribution in [-0.2, 0) is 0 Å². The van der Waals surface area contributed by atoms with Gasteiger partial charge in [0.05, 0.1) is 5.69 Å². The second-order valence-corrected chi connectivity index (χ2v) is 6.05. The zero-order valence-corrected chi connectivity index (χ0v) is 13.6. The molecular weight excluding hydrogens is 405 g/mol. The summed E-state index contributed by atoms with van der Waals surface area (Å²) in [6, 6.07) is 9.79. The highest BCUT2D eigenvalue weighted by Gasteiger charge is 2.14. The van der Waals surface area contributed by atoms with Crippen molar-refractivity contribution in [2.45, 2.75) is 0 Å². The normalized spacial score (nSPS) is 10.8. The second-order valence-electron chi connectivity index (χ2n) is 4.28. The Bertz CT molecular complexity index is 798. The van der Waals surface area contributed by atoms with Crippen LogP contribution in [0, 0.1) is 5.82 Å². The summed E-state index contributed by atoms with van der Waals surface area (Å²) in [7, 11) is 0. The van der Waals surface area contributed by atoms with E-state index in [2.05, 4.69) is 47.4 Å². The fourth-order valence-electron chi connectivity index (χ4n) is 1.92. The van der Waals surface area contributed by atoms with Crippen molar-refractivity contribution < 1.29 is 4.39 Å². The van der Waals surface area contributed by atoms with Gasteiger partial charge in [0.25, 0.3) is 0 Å².